The maximum Gasteiger partial charge on any atom is 0.387 e. The molecule has 1 amide bonds. The van der Waals surface area contributed by atoms with Gasteiger partial charge in [-0.2, -0.15) is 8.78 Å². The normalized spacial score (nSPS) is 12.9. The number of hydrogen-bond acceptors (Lipinski definition) is 6. The van der Waals surface area contributed by atoms with Gasteiger partial charge in [-0.1, -0.05) is 18.2 Å². The van der Waals surface area contributed by atoms with E-state index in [-0.39, 0.29) is 23.3 Å². The molecule has 3 rings (SSSR count). The Bertz CT molecular complexity index is 915. The first kappa shape index (κ1) is 22.3. The maximum absolute atomic E-state index is 12.8. The summed E-state index contributed by atoms with van der Waals surface area (Å²) < 4.78 is 45.2. The van der Waals surface area contributed by atoms with Crippen molar-refractivity contribution in [3.63, 3.8) is 0 Å². The summed E-state index contributed by atoms with van der Waals surface area (Å²) in [5.74, 6) is -1.09. The Balaban J connectivity index is 1.66. The molecule has 166 valence electrons. The van der Waals surface area contributed by atoms with Gasteiger partial charge >= 0.3 is 12.6 Å². The largest absolute Gasteiger partial charge is 0.497 e. The highest BCUT2D eigenvalue weighted by Gasteiger charge is 2.33. The van der Waals surface area contributed by atoms with Crippen molar-refractivity contribution in [2.45, 2.75) is 32.0 Å². The molecule has 1 aliphatic carbocycles. The van der Waals surface area contributed by atoms with Crippen molar-refractivity contribution < 1.29 is 37.3 Å². The van der Waals surface area contributed by atoms with E-state index in [0.29, 0.717) is 12.3 Å². The molecule has 9 heteroatoms. The van der Waals surface area contributed by atoms with Crippen molar-refractivity contribution in [2.75, 3.05) is 20.8 Å². The highest BCUT2D eigenvalue weighted by Crippen LogP contribution is 2.33. The minimum Gasteiger partial charge on any atom is -0.497 e. The van der Waals surface area contributed by atoms with Gasteiger partial charge in [0.25, 0.3) is 5.91 Å². The molecule has 0 radical (unpaired) electrons. The summed E-state index contributed by atoms with van der Waals surface area (Å²) in [5.41, 5.74) is 0.661. The minimum atomic E-state index is -3.15. The second-order valence-electron chi connectivity index (χ2n) is 6.89. The third-order valence-corrected chi connectivity index (χ3v) is 4.77. The summed E-state index contributed by atoms with van der Waals surface area (Å²) in [6.07, 6.45) is 1.75. The van der Waals surface area contributed by atoms with Gasteiger partial charge in [0.2, 0.25) is 0 Å². The standard InChI is InChI=1S/C22H23F2NO6/c1-28-16-10-6-14(7-11-16)12-25(15-8-9-15)19(26)13-30-21(27)17-4-3-5-18(29-2)20(17)31-22(23)24/h3-7,10-11,15,22H,8-9,12-13H2,1-2H3. The molecular weight excluding hydrogens is 412 g/mol. The van der Waals surface area contributed by atoms with E-state index in [4.69, 9.17) is 14.2 Å². The first-order valence-corrected chi connectivity index (χ1v) is 9.64. The van der Waals surface area contributed by atoms with Gasteiger partial charge in [0.1, 0.15) is 11.3 Å². The Morgan fingerprint density at radius 2 is 1.77 bits per heavy atom. The first-order chi connectivity index (χ1) is 14.9. The lowest BCUT2D eigenvalue weighted by molar-refractivity contribution is -0.135. The van der Waals surface area contributed by atoms with Crippen molar-refractivity contribution in [3.05, 3.63) is 53.6 Å². The highest BCUT2D eigenvalue weighted by atomic mass is 19.3. The van der Waals surface area contributed by atoms with E-state index in [1.807, 2.05) is 12.1 Å². The SMILES string of the molecule is COc1ccc(CN(C(=O)COC(=O)c2cccc(OC)c2OC(F)F)C2CC2)cc1. The molecule has 1 saturated carbocycles. The molecule has 2 aromatic rings. The van der Waals surface area contributed by atoms with Crippen LogP contribution in [-0.4, -0.2) is 50.3 Å². The van der Waals surface area contributed by atoms with Crippen molar-refractivity contribution in [1.29, 1.82) is 0 Å². The van der Waals surface area contributed by atoms with Gasteiger partial charge in [-0.15, -0.1) is 0 Å². The van der Waals surface area contributed by atoms with Crippen LogP contribution in [0.1, 0.15) is 28.8 Å². The number of rotatable bonds is 10. The molecule has 0 saturated heterocycles. The van der Waals surface area contributed by atoms with Gasteiger partial charge in [0, 0.05) is 12.6 Å². The quantitative estimate of drug-likeness (QED) is 0.531. The predicted molar refractivity (Wildman–Crippen MR) is 106 cm³/mol. The zero-order valence-corrected chi connectivity index (χ0v) is 17.2. The number of alkyl halides is 2. The van der Waals surface area contributed by atoms with Crippen molar-refractivity contribution >= 4 is 11.9 Å². The van der Waals surface area contributed by atoms with Crippen LogP contribution in [0.2, 0.25) is 0 Å². The minimum absolute atomic E-state index is 0.0415. The summed E-state index contributed by atoms with van der Waals surface area (Å²) in [7, 11) is 2.84. The molecule has 0 aromatic heterocycles. The summed E-state index contributed by atoms with van der Waals surface area (Å²) in [4.78, 5) is 26.8. The van der Waals surface area contributed by atoms with E-state index >= 15 is 0 Å². The van der Waals surface area contributed by atoms with Gasteiger partial charge in [-0.25, -0.2) is 4.79 Å². The number of esters is 1. The smallest absolute Gasteiger partial charge is 0.387 e. The lowest BCUT2D eigenvalue weighted by Crippen LogP contribution is -2.36. The molecule has 0 unspecified atom stereocenters. The molecule has 1 aliphatic rings. The van der Waals surface area contributed by atoms with Crippen LogP contribution in [0, 0.1) is 0 Å². The molecule has 0 spiro atoms. The molecule has 2 aromatic carbocycles. The van der Waals surface area contributed by atoms with Gasteiger partial charge < -0.3 is 23.8 Å². The number of nitrogens with zero attached hydrogens (tertiary/aromatic N) is 1. The zero-order chi connectivity index (χ0) is 22.4. The Morgan fingerprint density at radius 1 is 1.06 bits per heavy atom. The molecule has 0 heterocycles. The van der Waals surface area contributed by atoms with Crippen molar-refractivity contribution in [1.82, 2.24) is 4.90 Å². The molecule has 1 fully saturated rings. The van der Waals surface area contributed by atoms with Crippen molar-refractivity contribution in [2.24, 2.45) is 0 Å². The fourth-order valence-electron chi connectivity index (χ4n) is 3.07. The van der Waals surface area contributed by atoms with Crippen LogP contribution >= 0.6 is 0 Å². The van der Waals surface area contributed by atoms with Gasteiger partial charge in [-0.05, 0) is 42.7 Å². The highest BCUT2D eigenvalue weighted by molar-refractivity contribution is 5.95. The lowest BCUT2D eigenvalue weighted by atomic mass is 10.2. The van der Waals surface area contributed by atoms with Gasteiger partial charge in [0.05, 0.1) is 14.2 Å². The summed E-state index contributed by atoms with van der Waals surface area (Å²) in [5, 5.41) is 0. The Hall–Kier alpha value is -3.36. The second-order valence-corrected chi connectivity index (χ2v) is 6.89. The average Bonchev–Trinajstić information content (AvgIpc) is 3.61. The summed E-state index contributed by atoms with van der Waals surface area (Å²) in [6, 6.07) is 11.5. The lowest BCUT2D eigenvalue weighted by Gasteiger charge is -2.22. The number of methoxy groups -OCH3 is 2. The first-order valence-electron chi connectivity index (χ1n) is 9.64. The number of benzene rings is 2. The number of ether oxygens (including phenoxy) is 4. The third kappa shape index (κ3) is 5.84. The number of carbonyl (C=O) groups excluding carboxylic acids is 2. The molecule has 0 aliphatic heterocycles. The van der Waals surface area contributed by atoms with E-state index < -0.39 is 24.9 Å². The number of hydrogen-bond donors (Lipinski definition) is 0. The molecule has 0 bridgehead atoms. The van der Waals surface area contributed by atoms with Crippen LogP contribution in [0.5, 0.6) is 17.2 Å². The molecular formula is C22H23F2NO6. The van der Waals surface area contributed by atoms with Crippen LogP contribution < -0.4 is 14.2 Å². The fraction of sp³-hybridized carbons (Fsp3) is 0.364. The van der Waals surface area contributed by atoms with E-state index in [2.05, 4.69) is 4.74 Å². The topological polar surface area (TPSA) is 74.3 Å². The Labute approximate surface area is 178 Å². The summed E-state index contributed by atoms with van der Waals surface area (Å²) in [6.45, 7) is -3.31. The number of halogens is 2. The van der Waals surface area contributed by atoms with Crippen LogP contribution in [0.4, 0.5) is 8.78 Å². The predicted octanol–water partition coefficient (Wildman–Crippen LogP) is 3.65. The molecule has 0 atom stereocenters. The Kier molecular flexibility index (Phi) is 7.28. The zero-order valence-electron chi connectivity index (χ0n) is 17.2. The van der Waals surface area contributed by atoms with E-state index in [1.54, 1.807) is 24.1 Å². The number of para-hydroxylation sites is 1. The molecule has 0 N–H and O–H groups in total. The number of carbonyl (C=O) groups is 2. The second kappa shape index (κ2) is 10.1. The van der Waals surface area contributed by atoms with Crippen LogP contribution in [-0.2, 0) is 16.1 Å². The summed E-state index contributed by atoms with van der Waals surface area (Å²) >= 11 is 0. The average molecular weight is 435 g/mol. The third-order valence-electron chi connectivity index (χ3n) is 4.77. The van der Waals surface area contributed by atoms with Crippen LogP contribution in [0.25, 0.3) is 0 Å². The van der Waals surface area contributed by atoms with Crippen LogP contribution in [0.15, 0.2) is 42.5 Å². The monoisotopic (exact) mass is 435 g/mol. The molecule has 31 heavy (non-hydrogen) atoms. The van der Waals surface area contributed by atoms with Crippen LogP contribution in [0.3, 0.4) is 0 Å². The van der Waals surface area contributed by atoms with Gasteiger partial charge in [-0.3, -0.25) is 4.79 Å². The Morgan fingerprint density at radius 3 is 2.35 bits per heavy atom. The van der Waals surface area contributed by atoms with E-state index in [1.165, 1.54) is 25.3 Å². The van der Waals surface area contributed by atoms with E-state index in [0.717, 1.165) is 18.4 Å². The van der Waals surface area contributed by atoms with E-state index in [9.17, 15) is 18.4 Å². The fourth-order valence-corrected chi connectivity index (χ4v) is 3.07. The van der Waals surface area contributed by atoms with Gasteiger partial charge in [0.15, 0.2) is 18.1 Å². The number of amides is 1. The van der Waals surface area contributed by atoms with Crippen molar-refractivity contribution in [3.8, 4) is 17.2 Å². The maximum atomic E-state index is 12.8. The molecule has 7 nitrogen and oxygen atoms in total.